The van der Waals surface area contributed by atoms with Crippen molar-refractivity contribution in [3.8, 4) is 11.5 Å². The molecule has 1 atom stereocenters. The highest BCUT2D eigenvalue weighted by molar-refractivity contribution is 5.89. The summed E-state index contributed by atoms with van der Waals surface area (Å²) in [7, 11) is 0. The minimum absolute atomic E-state index is 0.243. The molecule has 0 amide bonds. The lowest BCUT2D eigenvalue weighted by atomic mass is 9.95. The highest BCUT2D eigenvalue weighted by Gasteiger charge is 2.30. The number of fused-ring (bicyclic) bond motifs is 1. The van der Waals surface area contributed by atoms with Crippen LogP contribution < -0.4 is 4.74 Å². The maximum atomic E-state index is 12.7. The Balaban J connectivity index is 2.07. The first-order chi connectivity index (χ1) is 12.8. The van der Waals surface area contributed by atoms with E-state index in [1.165, 1.54) is 12.1 Å². The van der Waals surface area contributed by atoms with Gasteiger partial charge in [0, 0.05) is 11.6 Å². The number of pyridine rings is 1. The molecule has 0 radical (unpaired) electrons. The van der Waals surface area contributed by atoms with Crippen LogP contribution in [-0.4, -0.2) is 21.8 Å². The lowest BCUT2D eigenvalue weighted by Gasteiger charge is -2.18. The van der Waals surface area contributed by atoms with Gasteiger partial charge in [-0.15, -0.1) is 0 Å². The SMILES string of the molecule is CCc1cc(Oc2ccc(C(F)(F)F)cc2)c2ncccc2c1C(O)CO. The van der Waals surface area contributed by atoms with Gasteiger partial charge in [0.1, 0.15) is 17.4 Å². The lowest BCUT2D eigenvalue weighted by molar-refractivity contribution is -0.137. The molecule has 7 heteroatoms. The normalized spacial score (nSPS) is 13.0. The van der Waals surface area contributed by atoms with Gasteiger partial charge >= 0.3 is 6.18 Å². The highest BCUT2D eigenvalue weighted by Crippen LogP contribution is 2.37. The predicted octanol–water partition coefficient (Wildman–Crippen LogP) is 4.63. The Kier molecular flexibility index (Phi) is 5.34. The molecule has 0 fully saturated rings. The van der Waals surface area contributed by atoms with Crippen LogP contribution in [0.5, 0.6) is 11.5 Å². The van der Waals surface area contributed by atoms with Crippen molar-refractivity contribution < 1.29 is 28.1 Å². The molecule has 0 saturated heterocycles. The number of aliphatic hydroxyl groups excluding tert-OH is 2. The number of rotatable bonds is 5. The molecule has 1 aromatic heterocycles. The summed E-state index contributed by atoms with van der Waals surface area (Å²) in [6.45, 7) is 1.46. The number of halogens is 3. The van der Waals surface area contributed by atoms with E-state index in [1.807, 2.05) is 6.92 Å². The van der Waals surface area contributed by atoms with Crippen LogP contribution in [0.2, 0.25) is 0 Å². The fraction of sp³-hybridized carbons (Fsp3) is 0.250. The minimum Gasteiger partial charge on any atom is -0.455 e. The average Bonchev–Trinajstić information content (AvgIpc) is 2.66. The van der Waals surface area contributed by atoms with Crippen molar-refractivity contribution in [1.29, 1.82) is 0 Å². The van der Waals surface area contributed by atoms with Crippen LogP contribution in [0, 0.1) is 0 Å². The Hall–Kier alpha value is -2.64. The third kappa shape index (κ3) is 3.89. The zero-order valence-electron chi connectivity index (χ0n) is 14.5. The van der Waals surface area contributed by atoms with Crippen LogP contribution in [0.3, 0.4) is 0 Å². The fourth-order valence-corrected chi connectivity index (χ4v) is 2.99. The van der Waals surface area contributed by atoms with Crippen molar-refractivity contribution in [1.82, 2.24) is 4.98 Å². The average molecular weight is 377 g/mol. The largest absolute Gasteiger partial charge is 0.455 e. The molecule has 0 aliphatic heterocycles. The Morgan fingerprint density at radius 2 is 1.85 bits per heavy atom. The van der Waals surface area contributed by atoms with Gasteiger partial charge in [0.2, 0.25) is 0 Å². The van der Waals surface area contributed by atoms with Crippen LogP contribution in [0.15, 0.2) is 48.7 Å². The summed E-state index contributed by atoms with van der Waals surface area (Å²) in [6.07, 6.45) is -3.35. The van der Waals surface area contributed by atoms with Gasteiger partial charge < -0.3 is 14.9 Å². The molecule has 0 aliphatic carbocycles. The predicted molar refractivity (Wildman–Crippen MR) is 94.7 cm³/mol. The number of aryl methyl sites for hydroxylation is 1. The molecule has 1 unspecified atom stereocenters. The molecular formula is C20H18F3NO3. The Morgan fingerprint density at radius 3 is 2.44 bits per heavy atom. The van der Waals surface area contributed by atoms with E-state index in [-0.39, 0.29) is 5.75 Å². The van der Waals surface area contributed by atoms with E-state index in [0.29, 0.717) is 28.6 Å². The number of aromatic nitrogens is 1. The van der Waals surface area contributed by atoms with Crippen molar-refractivity contribution in [2.24, 2.45) is 0 Å². The van der Waals surface area contributed by atoms with Gasteiger partial charge in [0.25, 0.3) is 0 Å². The number of nitrogens with zero attached hydrogens (tertiary/aromatic N) is 1. The maximum absolute atomic E-state index is 12.7. The molecule has 142 valence electrons. The van der Waals surface area contributed by atoms with Crippen molar-refractivity contribution in [2.45, 2.75) is 25.6 Å². The van der Waals surface area contributed by atoms with E-state index in [0.717, 1.165) is 17.7 Å². The summed E-state index contributed by atoms with van der Waals surface area (Å²) >= 11 is 0. The van der Waals surface area contributed by atoms with Crippen LogP contribution in [0.1, 0.15) is 29.7 Å². The first kappa shape index (κ1) is 19.1. The van der Waals surface area contributed by atoms with Gasteiger partial charge in [-0.25, -0.2) is 0 Å². The molecule has 27 heavy (non-hydrogen) atoms. The third-order valence-electron chi connectivity index (χ3n) is 4.28. The van der Waals surface area contributed by atoms with Gasteiger partial charge in [-0.3, -0.25) is 4.98 Å². The van der Waals surface area contributed by atoms with E-state index in [1.54, 1.807) is 24.4 Å². The van der Waals surface area contributed by atoms with Crippen molar-refractivity contribution in [3.63, 3.8) is 0 Å². The Labute approximate surface area is 153 Å². The first-order valence-corrected chi connectivity index (χ1v) is 8.39. The Morgan fingerprint density at radius 1 is 1.15 bits per heavy atom. The van der Waals surface area contributed by atoms with E-state index >= 15 is 0 Å². The summed E-state index contributed by atoms with van der Waals surface area (Å²) in [4.78, 5) is 4.29. The van der Waals surface area contributed by atoms with Gasteiger partial charge in [-0.2, -0.15) is 13.2 Å². The quantitative estimate of drug-likeness (QED) is 0.680. The third-order valence-corrected chi connectivity index (χ3v) is 4.28. The number of alkyl halides is 3. The molecule has 4 nitrogen and oxygen atoms in total. The molecule has 2 N–H and O–H groups in total. The molecule has 1 heterocycles. The summed E-state index contributed by atoms with van der Waals surface area (Å²) in [5.74, 6) is 0.614. The van der Waals surface area contributed by atoms with Crippen LogP contribution in [0.25, 0.3) is 10.9 Å². The molecule has 0 saturated carbocycles. The Bertz CT molecular complexity index is 940. The van der Waals surface area contributed by atoms with Crippen molar-refractivity contribution >= 4 is 10.9 Å². The molecule has 3 rings (SSSR count). The van der Waals surface area contributed by atoms with Gasteiger partial charge in [-0.05, 0) is 53.9 Å². The zero-order chi connectivity index (χ0) is 19.6. The second kappa shape index (κ2) is 7.54. The minimum atomic E-state index is -4.41. The summed E-state index contributed by atoms with van der Waals surface area (Å²) < 4.78 is 43.9. The summed E-state index contributed by atoms with van der Waals surface area (Å²) in [5, 5.41) is 20.2. The van der Waals surface area contributed by atoms with Gasteiger partial charge in [-0.1, -0.05) is 13.0 Å². The standard InChI is InChI=1S/C20H18F3NO3/c1-2-12-10-17(27-14-7-5-13(6-8-14)20(21,22)23)19-15(4-3-9-24-19)18(12)16(26)11-25/h3-10,16,25-26H,2,11H2,1H3. The second-order valence-electron chi connectivity index (χ2n) is 6.02. The van der Waals surface area contributed by atoms with Crippen LogP contribution in [-0.2, 0) is 12.6 Å². The smallest absolute Gasteiger partial charge is 0.416 e. The topological polar surface area (TPSA) is 62.6 Å². The maximum Gasteiger partial charge on any atom is 0.416 e. The zero-order valence-corrected chi connectivity index (χ0v) is 14.5. The van der Waals surface area contributed by atoms with E-state index < -0.39 is 24.5 Å². The van der Waals surface area contributed by atoms with Crippen LogP contribution >= 0.6 is 0 Å². The molecule has 2 aromatic carbocycles. The highest BCUT2D eigenvalue weighted by atomic mass is 19.4. The number of aliphatic hydroxyl groups is 2. The molecule has 0 aliphatic rings. The number of hydrogen-bond acceptors (Lipinski definition) is 4. The summed E-state index contributed by atoms with van der Waals surface area (Å²) in [6, 6.07) is 9.57. The van der Waals surface area contributed by atoms with E-state index in [4.69, 9.17) is 4.74 Å². The van der Waals surface area contributed by atoms with Crippen molar-refractivity contribution in [2.75, 3.05) is 6.61 Å². The summed E-state index contributed by atoms with van der Waals surface area (Å²) in [5.41, 5.74) is 1.03. The number of hydrogen-bond donors (Lipinski definition) is 2. The molecule has 0 bridgehead atoms. The van der Waals surface area contributed by atoms with Crippen LogP contribution in [0.4, 0.5) is 13.2 Å². The van der Waals surface area contributed by atoms with Gasteiger partial charge in [0.05, 0.1) is 12.2 Å². The fourth-order valence-electron chi connectivity index (χ4n) is 2.99. The van der Waals surface area contributed by atoms with E-state index in [9.17, 15) is 23.4 Å². The van der Waals surface area contributed by atoms with Crippen molar-refractivity contribution in [3.05, 3.63) is 65.4 Å². The second-order valence-corrected chi connectivity index (χ2v) is 6.02. The number of ether oxygens (including phenoxy) is 1. The molecule has 0 spiro atoms. The molecular weight excluding hydrogens is 359 g/mol. The first-order valence-electron chi connectivity index (χ1n) is 8.39. The molecule has 3 aromatic rings. The lowest BCUT2D eigenvalue weighted by Crippen LogP contribution is -2.08. The number of benzene rings is 2. The monoisotopic (exact) mass is 377 g/mol. The van der Waals surface area contributed by atoms with Gasteiger partial charge in [0.15, 0.2) is 5.75 Å². The van der Waals surface area contributed by atoms with E-state index in [2.05, 4.69) is 4.98 Å².